The quantitative estimate of drug-likeness (QED) is 0.361. The van der Waals surface area contributed by atoms with Gasteiger partial charge in [0.15, 0.2) is 10.8 Å². The molecule has 4 atom stereocenters. The van der Waals surface area contributed by atoms with Gasteiger partial charge in [0, 0.05) is 36.9 Å². The molecule has 3 aliphatic rings. The largest absolute Gasteiger partial charge is 0.496 e. The maximum Gasteiger partial charge on any atom is 0.330 e. The molecule has 13 heteroatoms. The Bertz CT molecular complexity index is 1710. The molecule has 244 valence electrons. The van der Waals surface area contributed by atoms with Crippen LogP contribution in [0.2, 0.25) is 0 Å². The highest BCUT2D eigenvalue weighted by molar-refractivity contribution is 7.13. The number of rotatable bonds is 6. The van der Waals surface area contributed by atoms with E-state index in [-0.39, 0.29) is 30.8 Å². The first kappa shape index (κ1) is 31.7. The van der Waals surface area contributed by atoms with Gasteiger partial charge in [-0.2, -0.15) is 4.98 Å². The van der Waals surface area contributed by atoms with E-state index >= 15 is 0 Å². The predicted octanol–water partition coefficient (Wildman–Crippen LogP) is 4.77. The average molecular weight is 649 g/mol. The van der Waals surface area contributed by atoms with Gasteiger partial charge in [-0.15, -0.1) is 11.3 Å². The van der Waals surface area contributed by atoms with E-state index in [1.807, 2.05) is 36.6 Å². The van der Waals surface area contributed by atoms with E-state index in [0.29, 0.717) is 46.3 Å². The minimum atomic E-state index is -1.37. The fraction of sp³-hybridized carbons (Fsp3) is 0.515. The van der Waals surface area contributed by atoms with E-state index < -0.39 is 29.6 Å². The fourth-order valence-electron chi connectivity index (χ4n) is 6.30. The number of carbonyl (C=O) groups excluding carboxylic acids is 2. The molecule has 2 N–H and O–H groups in total. The number of hydrogen-bond acceptors (Lipinski definition) is 9. The van der Waals surface area contributed by atoms with Gasteiger partial charge in [0.05, 0.1) is 30.3 Å². The molecule has 4 heterocycles. The van der Waals surface area contributed by atoms with Gasteiger partial charge >= 0.3 is 12.0 Å². The maximum absolute atomic E-state index is 13.8. The van der Waals surface area contributed by atoms with Crippen LogP contribution in [-0.2, 0) is 9.59 Å². The highest BCUT2D eigenvalue weighted by atomic mass is 32.1. The number of amides is 3. The normalized spacial score (nSPS) is 25.2. The van der Waals surface area contributed by atoms with Gasteiger partial charge in [0.2, 0.25) is 11.8 Å². The van der Waals surface area contributed by atoms with Gasteiger partial charge in [-0.05, 0) is 50.7 Å². The van der Waals surface area contributed by atoms with Crippen molar-refractivity contribution in [2.45, 2.75) is 76.5 Å². The molecule has 2 aliphatic heterocycles. The molecule has 2 fully saturated rings. The Morgan fingerprint density at radius 3 is 2.72 bits per heavy atom. The van der Waals surface area contributed by atoms with Gasteiger partial charge in [-0.3, -0.25) is 4.79 Å². The molecule has 6 rings (SSSR count). The van der Waals surface area contributed by atoms with Crippen LogP contribution in [0, 0.1) is 12.8 Å². The van der Waals surface area contributed by atoms with Crippen molar-refractivity contribution >= 4 is 40.1 Å². The zero-order chi connectivity index (χ0) is 32.7. The monoisotopic (exact) mass is 648 g/mol. The molecule has 2 aromatic heterocycles. The average Bonchev–Trinajstić information content (AvgIpc) is 3.33. The summed E-state index contributed by atoms with van der Waals surface area (Å²) in [6.07, 6.45) is 6.22. The number of aromatic nitrogens is 3. The molecule has 3 amide bonds. The lowest BCUT2D eigenvalue weighted by atomic mass is 10.1. The summed E-state index contributed by atoms with van der Waals surface area (Å²) in [5.41, 5.74) is 1.05. The first-order chi connectivity index (χ1) is 22.0. The molecular weight excluding hydrogens is 608 g/mol. The van der Waals surface area contributed by atoms with E-state index in [1.165, 1.54) is 16.2 Å². The Morgan fingerprint density at radius 1 is 1.20 bits per heavy atom. The summed E-state index contributed by atoms with van der Waals surface area (Å²) in [7, 11) is 3.33. The number of ether oxygens (including phenoxy) is 2. The van der Waals surface area contributed by atoms with Crippen molar-refractivity contribution in [1.29, 1.82) is 0 Å². The van der Waals surface area contributed by atoms with Crippen LogP contribution in [0.4, 0.5) is 4.79 Å². The minimum Gasteiger partial charge on any atom is -0.496 e. The van der Waals surface area contributed by atoms with Crippen LogP contribution in [0.25, 0.3) is 21.7 Å². The highest BCUT2D eigenvalue weighted by Gasteiger charge is 2.61. The van der Waals surface area contributed by atoms with Crippen molar-refractivity contribution in [1.82, 2.24) is 30.1 Å². The predicted molar refractivity (Wildman–Crippen MR) is 173 cm³/mol. The summed E-state index contributed by atoms with van der Waals surface area (Å²) >= 11 is 1.46. The van der Waals surface area contributed by atoms with Crippen LogP contribution in [0.3, 0.4) is 0 Å². The summed E-state index contributed by atoms with van der Waals surface area (Å²) in [6, 6.07) is 2.47. The lowest BCUT2D eigenvalue weighted by molar-refractivity contribution is -0.144. The number of allylic oxidation sites excluding steroid dienone is 1. The zero-order valence-corrected chi connectivity index (χ0v) is 27.6. The Balaban J connectivity index is 1.35. The number of benzene rings is 1. The van der Waals surface area contributed by atoms with Crippen molar-refractivity contribution in [2.24, 2.45) is 5.92 Å². The third-order valence-corrected chi connectivity index (χ3v) is 10.1. The number of hydrogen-bond donors (Lipinski definition) is 2. The number of aliphatic carboxylic acids is 1. The second-order valence-electron chi connectivity index (χ2n) is 12.7. The summed E-state index contributed by atoms with van der Waals surface area (Å²) in [5, 5.41) is 16.2. The molecular formula is C33H40N6O6S. The number of thiazole rings is 1. The lowest BCUT2D eigenvalue weighted by Crippen LogP contribution is -2.54. The van der Waals surface area contributed by atoms with Crippen molar-refractivity contribution in [3.8, 4) is 22.5 Å². The van der Waals surface area contributed by atoms with Crippen molar-refractivity contribution in [3.63, 3.8) is 0 Å². The summed E-state index contributed by atoms with van der Waals surface area (Å²) in [4.78, 5) is 57.4. The topological polar surface area (TPSA) is 147 Å². The van der Waals surface area contributed by atoms with Crippen LogP contribution >= 0.6 is 11.3 Å². The van der Waals surface area contributed by atoms with Gasteiger partial charge in [0.25, 0.3) is 0 Å². The number of carbonyl (C=O) groups is 3. The third kappa shape index (κ3) is 5.88. The number of carboxylic acid groups (broad SMARTS) is 1. The first-order valence-corrected chi connectivity index (χ1v) is 16.6. The maximum atomic E-state index is 13.8. The number of fused-ring (bicyclic) bond motifs is 3. The van der Waals surface area contributed by atoms with Gasteiger partial charge in [-0.1, -0.05) is 26.0 Å². The van der Waals surface area contributed by atoms with Crippen LogP contribution in [0.1, 0.15) is 63.1 Å². The second-order valence-corrected chi connectivity index (χ2v) is 13.6. The Hall–Kier alpha value is -4.26. The molecule has 0 bridgehead atoms. The fourth-order valence-corrected chi connectivity index (χ4v) is 7.21. The van der Waals surface area contributed by atoms with Crippen LogP contribution < -0.4 is 14.8 Å². The molecule has 1 aromatic carbocycles. The van der Waals surface area contributed by atoms with Crippen molar-refractivity contribution in [3.05, 3.63) is 40.9 Å². The van der Waals surface area contributed by atoms with E-state index in [4.69, 9.17) is 24.4 Å². The number of urea groups is 1. The van der Waals surface area contributed by atoms with Crippen LogP contribution in [-0.4, -0.2) is 92.7 Å². The van der Waals surface area contributed by atoms with Gasteiger partial charge in [-0.25, -0.2) is 19.6 Å². The summed E-state index contributed by atoms with van der Waals surface area (Å²) in [5.74, 6) is -0.209. The lowest BCUT2D eigenvalue weighted by Gasteiger charge is -2.29. The van der Waals surface area contributed by atoms with Crippen LogP contribution in [0.15, 0.2) is 29.7 Å². The van der Waals surface area contributed by atoms with E-state index in [0.717, 1.165) is 30.5 Å². The van der Waals surface area contributed by atoms with Crippen molar-refractivity contribution < 1.29 is 29.0 Å². The zero-order valence-electron chi connectivity index (χ0n) is 26.8. The molecule has 1 saturated heterocycles. The van der Waals surface area contributed by atoms with E-state index in [2.05, 4.69) is 19.2 Å². The molecule has 0 spiro atoms. The molecule has 46 heavy (non-hydrogen) atoms. The molecule has 1 saturated carbocycles. The number of aryl methyl sites for hydroxylation is 1. The Kier molecular flexibility index (Phi) is 8.62. The molecule has 4 unspecified atom stereocenters. The number of methoxy groups -OCH3 is 1. The second kappa shape index (κ2) is 12.5. The summed E-state index contributed by atoms with van der Waals surface area (Å²) in [6.45, 7) is 6.75. The Morgan fingerprint density at radius 2 is 2.00 bits per heavy atom. The number of nitrogens with one attached hydrogen (secondary N) is 1. The Labute approximate surface area is 271 Å². The molecule has 3 aromatic rings. The number of carboxylic acids is 1. The van der Waals surface area contributed by atoms with E-state index in [9.17, 15) is 19.5 Å². The number of nitrogens with zero attached hydrogens (tertiary/aromatic N) is 5. The van der Waals surface area contributed by atoms with E-state index in [1.54, 1.807) is 19.1 Å². The minimum absolute atomic E-state index is 0.134. The molecule has 12 nitrogen and oxygen atoms in total. The first-order valence-electron chi connectivity index (χ1n) is 15.7. The summed E-state index contributed by atoms with van der Waals surface area (Å²) < 4.78 is 12.1. The molecule has 0 radical (unpaired) electrons. The molecule has 1 aliphatic carbocycles. The SMILES string of the molecule is COc1ccc2c(OC3CC4C(=O)NC5(C(=O)O)CC5C=CCCCCN(C)C(=O)N4C3)nc(-c3nc(C(C)C)cs3)nc2c1C. The van der Waals surface area contributed by atoms with Gasteiger partial charge < -0.3 is 29.7 Å². The third-order valence-electron chi connectivity index (χ3n) is 9.20. The van der Waals surface area contributed by atoms with Crippen LogP contribution in [0.5, 0.6) is 11.6 Å². The standard InChI is InChI=1S/C33H40N6O6S/c1-18(2)23-17-46-30(34-23)27-35-26-19(3)25(44-5)12-11-22(26)29(36-27)45-21-14-24-28(40)37-33(31(41)42)15-20(33)10-8-6-7-9-13-38(4)32(43)39(24)16-21/h8,10-12,17-18,20-21,24H,6-7,9,13-16H2,1-5H3,(H,37,40)(H,41,42). The van der Waals surface area contributed by atoms with Gasteiger partial charge in [0.1, 0.15) is 23.4 Å². The van der Waals surface area contributed by atoms with Crippen molar-refractivity contribution in [2.75, 3.05) is 27.2 Å². The highest BCUT2D eigenvalue weighted by Crippen LogP contribution is 2.45. The smallest absolute Gasteiger partial charge is 0.330 e.